The summed E-state index contributed by atoms with van der Waals surface area (Å²) in [5, 5.41) is 0. The molecule has 1 aliphatic carbocycles. The number of likely N-dealkylation sites (N-methyl/N-ethyl adjacent to an activating group) is 1. The van der Waals surface area contributed by atoms with Gasteiger partial charge in [-0.1, -0.05) is 6.92 Å². The van der Waals surface area contributed by atoms with E-state index in [9.17, 15) is 0 Å². The van der Waals surface area contributed by atoms with E-state index in [0.29, 0.717) is 5.54 Å². The van der Waals surface area contributed by atoms with Crippen LogP contribution in [-0.4, -0.2) is 55.1 Å². The van der Waals surface area contributed by atoms with Crippen LogP contribution in [0.1, 0.15) is 32.6 Å². The van der Waals surface area contributed by atoms with E-state index in [2.05, 4.69) is 23.8 Å². The molecule has 0 amide bonds. The summed E-state index contributed by atoms with van der Waals surface area (Å²) in [5.74, 6) is 0.970. The molecule has 2 N–H and O–H groups in total. The third-order valence-electron chi connectivity index (χ3n) is 4.65. The van der Waals surface area contributed by atoms with Gasteiger partial charge in [-0.25, -0.2) is 0 Å². The van der Waals surface area contributed by atoms with Gasteiger partial charge in [-0.05, 0) is 58.3 Å². The van der Waals surface area contributed by atoms with Gasteiger partial charge in [0.2, 0.25) is 0 Å². The van der Waals surface area contributed by atoms with Crippen molar-refractivity contribution in [3.05, 3.63) is 0 Å². The zero-order valence-electron chi connectivity index (χ0n) is 10.9. The second-order valence-electron chi connectivity index (χ2n) is 5.69. The largest absolute Gasteiger partial charge is 0.329 e. The lowest BCUT2D eigenvalue weighted by atomic mass is 9.85. The number of piperidine rings is 1. The summed E-state index contributed by atoms with van der Waals surface area (Å²) < 4.78 is 0. The van der Waals surface area contributed by atoms with E-state index in [0.717, 1.165) is 12.5 Å². The molecule has 0 aromatic rings. The minimum Gasteiger partial charge on any atom is -0.329 e. The lowest BCUT2D eigenvalue weighted by Crippen LogP contribution is -2.58. The fourth-order valence-corrected chi connectivity index (χ4v) is 2.91. The molecule has 1 aliphatic heterocycles. The topological polar surface area (TPSA) is 32.5 Å². The first-order chi connectivity index (χ1) is 7.70. The molecule has 2 rings (SSSR count). The maximum atomic E-state index is 6.06. The minimum absolute atomic E-state index is 0.300. The highest BCUT2D eigenvalue weighted by Crippen LogP contribution is 2.34. The molecule has 0 aromatic carbocycles. The van der Waals surface area contributed by atoms with Crippen molar-refractivity contribution in [2.75, 3.05) is 39.8 Å². The summed E-state index contributed by atoms with van der Waals surface area (Å²) in [4.78, 5) is 5.11. The standard InChI is InChI=1S/C13H27N3/c1-3-16-8-6-13(11-14,7-9-16)15(2)10-12-4-5-12/h12H,3-11,14H2,1-2H3. The molecule has 0 bridgehead atoms. The van der Waals surface area contributed by atoms with E-state index in [1.807, 2.05) is 0 Å². The van der Waals surface area contributed by atoms with Crippen molar-refractivity contribution in [3.63, 3.8) is 0 Å². The second-order valence-corrected chi connectivity index (χ2v) is 5.69. The van der Waals surface area contributed by atoms with Crippen LogP contribution in [0.25, 0.3) is 0 Å². The Balaban J connectivity index is 1.90. The fraction of sp³-hybridized carbons (Fsp3) is 1.00. The van der Waals surface area contributed by atoms with Crippen LogP contribution in [0.5, 0.6) is 0 Å². The molecule has 0 spiro atoms. The molecule has 3 heteroatoms. The SMILES string of the molecule is CCN1CCC(CN)(N(C)CC2CC2)CC1. The highest BCUT2D eigenvalue weighted by atomic mass is 15.2. The Labute approximate surface area is 100.0 Å². The van der Waals surface area contributed by atoms with Gasteiger partial charge in [0.15, 0.2) is 0 Å². The third kappa shape index (κ3) is 2.58. The molecule has 1 saturated heterocycles. The van der Waals surface area contributed by atoms with E-state index in [4.69, 9.17) is 5.73 Å². The molecule has 0 unspecified atom stereocenters. The van der Waals surface area contributed by atoms with Crippen LogP contribution in [-0.2, 0) is 0 Å². The highest BCUT2D eigenvalue weighted by molar-refractivity contribution is 4.96. The fourth-order valence-electron chi connectivity index (χ4n) is 2.91. The van der Waals surface area contributed by atoms with Gasteiger partial charge in [-0.2, -0.15) is 0 Å². The molecule has 3 nitrogen and oxygen atoms in total. The van der Waals surface area contributed by atoms with Crippen LogP contribution in [0.4, 0.5) is 0 Å². The van der Waals surface area contributed by atoms with Gasteiger partial charge in [0, 0.05) is 18.6 Å². The molecule has 2 fully saturated rings. The summed E-state index contributed by atoms with van der Waals surface area (Å²) in [6, 6.07) is 0. The molecular formula is C13H27N3. The molecule has 0 radical (unpaired) electrons. The Morgan fingerprint density at radius 1 is 1.31 bits per heavy atom. The number of hydrogen-bond donors (Lipinski definition) is 1. The van der Waals surface area contributed by atoms with E-state index in [-0.39, 0.29) is 0 Å². The van der Waals surface area contributed by atoms with E-state index >= 15 is 0 Å². The smallest absolute Gasteiger partial charge is 0.0353 e. The molecule has 1 saturated carbocycles. The Morgan fingerprint density at radius 2 is 1.94 bits per heavy atom. The lowest BCUT2D eigenvalue weighted by molar-refractivity contribution is 0.0441. The average Bonchev–Trinajstić information content (AvgIpc) is 3.13. The molecular weight excluding hydrogens is 198 g/mol. The Hall–Kier alpha value is -0.120. The monoisotopic (exact) mass is 225 g/mol. The molecule has 2 aliphatic rings. The van der Waals surface area contributed by atoms with Crippen LogP contribution in [0.3, 0.4) is 0 Å². The van der Waals surface area contributed by atoms with E-state index in [1.54, 1.807) is 0 Å². The van der Waals surface area contributed by atoms with Crippen molar-refractivity contribution in [1.82, 2.24) is 9.80 Å². The van der Waals surface area contributed by atoms with Crippen LogP contribution >= 0.6 is 0 Å². The van der Waals surface area contributed by atoms with Crippen molar-refractivity contribution in [3.8, 4) is 0 Å². The van der Waals surface area contributed by atoms with Gasteiger partial charge in [0.05, 0.1) is 0 Å². The Kier molecular flexibility index (Phi) is 3.88. The average molecular weight is 225 g/mol. The number of nitrogens with two attached hydrogens (primary N) is 1. The zero-order valence-corrected chi connectivity index (χ0v) is 10.9. The van der Waals surface area contributed by atoms with Crippen LogP contribution in [0.2, 0.25) is 0 Å². The Bertz CT molecular complexity index is 217. The maximum absolute atomic E-state index is 6.06. The van der Waals surface area contributed by atoms with E-state index in [1.165, 1.54) is 51.9 Å². The first-order valence-corrected chi connectivity index (χ1v) is 6.84. The van der Waals surface area contributed by atoms with Crippen molar-refractivity contribution in [2.45, 2.75) is 38.1 Å². The van der Waals surface area contributed by atoms with E-state index < -0.39 is 0 Å². The summed E-state index contributed by atoms with van der Waals surface area (Å²) in [5.41, 5.74) is 6.36. The maximum Gasteiger partial charge on any atom is 0.0353 e. The van der Waals surface area contributed by atoms with Crippen LogP contribution in [0, 0.1) is 5.92 Å². The number of nitrogens with zero attached hydrogens (tertiary/aromatic N) is 2. The van der Waals surface area contributed by atoms with Gasteiger partial charge in [-0.15, -0.1) is 0 Å². The Morgan fingerprint density at radius 3 is 2.38 bits per heavy atom. The predicted octanol–water partition coefficient (Wildman–Crippen LogP) is 1.14. The van der Waals surface area contributed by atoms with Crippen LogP contribution in [0.15, 0.2) is 0 Å². The normalized spacial score (nSPS) is 26.2. The van der Waals surface area contributed by atoms with Crippen molar-refractivity contribution >= 4 is 0 Å². The molecule has 16 heavy (non-hydrogen) atoms. The van der Waals surface area contributed by atoms with Gasteiger partial charge < -0.3 is 10.6 Å². The van der Waals surface area contributed by atoms with Gasteiger partial charge in [-0.3, -0.25) is 4.90 Å². The molecule has 0 aromatic heterocycles. The zero-order chi connectivity index (χ0) is 11.6. The summed E-state index contributed by atoms with van der Waals surface area (Å²) in [7, 11) is 2.28. The van der Waals surface area contributed by atoms with Gasteiger partial charge in [0.25, 0.3) is 0 Å². The highest BCUT2D eigenvalue weighted by Gasteiger charge is 2.38. The summed E-state index contributed by atoms with van der Waals surface area (Å²) in [6.45, 7) is 7.98. The van der Waals surface area contributed by atoms with Gasteiger partial charge >= 0.3 is 0 Å². The quantitative estimate of drug-likeness (QED) is 0.761. The molecule has 94 valence electrons. The number of hydrogen-bond acceptors (Lipinski definition) is 3. The first kappa shape index (κ1) is 12.3. The third-order valence-corrected chi connectivity index (χ3v) is 4.65. The predicted molar refractivity (Wildman–Crippen MR) is 68.5 cm³/mol. The van der Waals surface area contributed by atoms with Crippen molar-refractivity contribution < 1.29 is 0 Å². The number of rotatable bonds is 5. The molecule has 1 heterocycles. The number of likely N-dealkylation sites (tertiary alicyclic amines) is 1. The molecule has 0 atom stereocenters. The van der Waals surface area contributed by atoms with Crippen molar-refractivity contribution in [1.29, 1.82) is 0 Å². The van der Waals surface area contributed by atoms with Gasteiger partial charge in [0.1, 0.15) is 0 Å². The minimum atomic E-state index is 0.300. The first-order valence-electron chi connectivity index (χ1n) is 6.84. The van der Waals surface area contributed by atoms with Crippen molar-refractivity contribution in [2.24, 2.45) is 11.7 Å². The summed E-state index contributed by atoms with van der Waals surface area (Å²) >= 11 is 0. The van der Waals surface area contributed by atoms with Crippen LogP contribution < -0.4 is 5.73 Å². The lowest BCUT2D eigenvalue weighted by Gasteiger charge is -2.47. The second kappa shape index (κ2) is 5.03. The summed E-state index contributed by atoms with van der Waals surface area (Å²) in [6.07, 6.45) is 5.37.